The summed E-state index contributed by atoms with van der Waals surface area (Å²) in [6, 6.07) is 14.0. The molecule has 1 aromatic heterocycles. The quantitative estimate of drug-likeness (QED) is 0.417. The summed E-state index contributed by atoms with van der Waals surface area (Å²) in [7, 11) is 0. The number of nitrogens with zero attached hydrogens (tertiary/aromatic N) is 3. The van der Waals surface area contributed by atoms with Gasteiger partial charge in [-0.1, -0.05) is 71.9 Å². The summed E-state index contributed by atoms with van der Waals surface area (Å²) in [5, 5.41) is 11.0. The molecule has 0 saturated carbocycles. The van der Waals surface area contributed by atoms with Gasteiger partial charge in [-0.2, -0.15) is 4.02 Å². The van der Waals surface area contributed by atoms with Crippen molar-refractivity contribution >= 4 is 21.9 Å². The number of Topliss-reactive ketones (excluding diaryl/α,β-unsaturated/α-hetero) is 1. The van der Waals surface area contributed by atoms with Crippen molar-refractivity contribution < 1.29 is 9.90 Å². The Morgan fingerprint density at radius 3 is 2.00 bits per heavy atom. The number of phenolic OH excluding ortho intramolecular Hbond substituents is 1. The number of imidazole rings is 1. The topological polar surface area (TPSA) is 59.5 Å². The molecule has 0 spiro atoms. The summed E-state index contributed by atoms with van der Waals surface area (Å²) < 4.78 is 8.15. The first-order chi connectivity index (χ1) is 15.4. The number of phenols is 1. The molecule has 6 heteroatoms. The first-order valence-corrected chi connectivity index (χ1v) is 12.0. The lowest BCUT2D eigenvalue weighted by Gasteiger charge is -2.28. The molecule has 0 saturated heterocycles. The summed E-state index contributed by atoms with van der Waals surface area (Å²) in [6.07, 6.45) is 4.72. The van der Waals surface area contributed by atoms with Gasteiger partial charge in [0, 0.05) is 35.6 Å². The third-order valence-corrected chi connectivity index (χ3v) is 6.18. The standard InChI is InChI=1S/C27H34BrN3O2/c1-26(2,3)21-16-20(17-22(24(21)33)27(4,5)6)23(32)18-31-15-14-30(25(31)29-28)13-12-19-10-8-7-9-11-19/h7-11,14-17,33H,12-13,18H2,1-6H3. The number of carbonyl (C=O) groups excluding carboxylic acids is 1. The van der Waals surface area contributed by atoms with Crippen LogP contribution in [-0.4, -0.2) is 20.0 Å². The lowest BCUT2D eigenvalue weighted by Crippen LogP contribution is -2.28. The largest absolute Gasteiger partial charge is 0.507 e. The van der Waals surface area contributed by atoms with E-state index in [1.165, 1.54) is 5.56 Å². The van der Waals surface area contributed by atoms with Crippen molar-refractivity contribution in [3.05, 3.63) is 82.7 Å². The molecule has 3 aromatic rings. The number of rotatable bonds is 6. The Hall–Kier alpha value is -2.60. The molecule has 0 atom stereocenters. The fourth-order valence-electron chi connectivity index (χ4n) is 3.93. The van der Waals surface area contributed by atoms with Crippen LogP contribution in [0.1, 0.15) is 68.6 Å². The van der Waals surface area contributed by atoms with Crippen LogP contribution in [0, 0.1) is 0 Å². The highest BCUT2D eigenvalue weighted by molar-refractivity contribution is 9.08. The maximum Gasteiger partial charge on any atom is 0.217 e. The lowest BCUT2D eigenvalue weighted by atomic mass is 9.78. The van der Waals surface area contributed by atoms with Crippen LogP contribution in [0.5, 0.6) is 5.75 Å². The third-order valence-electron chi connectivity index (χ3n) is 5.86. The molecular formula is C27H34BrN3O2. The van der Waals surface area contributed by atoms with Crippen molar-refractivity contribution in [2.45, 2.75) is 71.9 Å². The number of aryl methyl sites for hydroxylation is 2. The maximum absolute atomic E-state index is 13.4. The van der Waals surface area contributed by atoms with E-state index in [1.54, 1.807) is 0 Å². The van der Waals surface area contributed by atoms with Gasteiger partial charge in [0.15, 0.2) is 5.78 Å². The first kappa shape index (κ1) is 25.0. The first-order valence-electron chi connectivity index (χ1n) is 11.3. The molecule has 2 aromatic carbocycles. The van der Waals surface area contributed by atoms with Gasteiger partial charge >= 0.3 is 0 Å². The Balaban J connectivity index is 1.91. The van der Waals surface area contributed by atoms with Crippen LogP contribution in [0.4, 0.5) is 0 Å². The van der Waals surface area contributed by atoms with Gasteiger partial charge in [0.05, 0.1) is 22.7 Å². The van der Waals surface area contributed by atoms with Crippen LogP contribution in [0.3, 0.4) is 0 Å². The Labute approximate surface area is 205 Å². The Bertz CT molecular complexity index is 1160. The van der Waals surface area contributed by atoms with E-state index in [4.69, 9.17) is 0 Å². The summed E-state index contributed by atoms with van der Waals surface area (Å²) >= 11 is 3.23. The average Bonchev–Trinajstić information content (AvgIpc) is 3.12. The molecular weight excluding hydrogens is 478 g/mol. The maximum atomic E-state index is 13.4. The smallest absolute Gasteiger partial charge is 0.217 e. The van der Waals surface area contributed by atoms with Crippen LogP contribution >= 0.6 is 16.1 Å². The fraction of sp³-hybridized carbons (Fsp3) is 0.407. The number of benzene rings is 2. The number of hydrogen-bond acceptors (Lipinski definition) is 3. The molecule has 0 fully saturated rings. The van der Waals surface area contributed by atoms with Gasteiger partial charge in [-0.05, 0) is 34.9 Å². The van der Waals surface area contributed by atoms with E-state index in [1.807, 2.05) is 93.4 Å². The van der Waals surface area contributed by atoms with E-state index >= 15 is 0 Å². The summed E-state index contributed by atoms with van der Waals surface area (Å²) in [5.74, 6) is 0.261. The van der Waals surface area contributed by atoms with Gasteiger partial charge in [0.1, 0.15) is 5.75 Å². The highest BCUT2D eigenvalue weighted by atomic mass is 79.9. The second-order valence-corrected chi connectivity index (χ2v) is 10.9. The number of hydrogen-bond donors (Lipinski definition) is 1. The van der Waals surface area contributed by atoms with Crippen molar-refractivity contribution in [3.63, 3.8) is 0 Å². The summed E-state index contributed by atoms with van der Waals surface area (Å²) in [6.45, 7) is 13.2. The average molecular weight is 512 g/mol. The number of aromatic hydroxyl groups is 1. The molecule has 0 bridgehead atoms. The van der Waals surface area contributed by atoms with Gasteiger partial charge in [-0.15, -0.1) is 0 Å². The van der Waals surface area contributed by atoms with Crippen LogP contribution in [0.15, 0.2) is 58.9 Å². The van der Waals surface area contributed by atoms with Crippen molar-refractivity contribution in [2.75, 3.05) is 0 Å². The van der Waals surface area contributed by atoms with Crippen LogP contribution in [0.2, 0.25) is 0 Å². The predicted molar refractivity (Wildman–Crippen MR) is 137 cm³/mol. The number of halogens is 1. The van der Waals surface area contributed by atoms with Gasteiger partial charge in [0.25, 0.3) is 0 Å². The number of ketones is 1. The molecule has 33 heavy (non-hydrogen) atoms. The molecule has 0 amide bonds. The zero-order valence-electron chi connectivity index (χ0n) is 20.4. The molecule has 0 aliphatic rings. The zero-order valence-corrected chi connectivity index (χ0v) is 22.0. The molecule has 0 aliphatic heterocycles. The molecule has 5 nitrogen and oxygen atoms in total. The van der Waals surface area contributed by atoms with Crippen molar-refractivity contribution in [1.82, 2.24) is 9.13 Å². The fourth-order valence-corrected chi connectivity index (χ4v) is 4.34. The molecule has 3 rings (SSSR count). The van der Waals surface area contributed by atoms with Gasteiger partial charge in [-0.25, -0.2) is 0 Å². The third kappa shape index (κ3) is 5.85. The van der Waals surface area contributed by atoms with E-state index < -0.39 is 0 Å². The van der Waals surface area contributed by atoms with Crippen molar-refractivity contribution in [2.24, 2.45) is 4.02 Å². The molecule has 0 aliphatic carbocycles. The van der Waals surface area contributed by atoms with Gasteiger partial charge in [0.2, 0.25) is 5.62 Å². The Morgan fingerprint density at radius 1 is 0.939 bits per heavy atom. The van der Waals surface area contributed by atoms with Crippen LogP contribution in [0.25, 0.3) is 0 Å². The molecule has 1 N–H and O–H groups in total. The second-order valence-electron chi connectivity index (χ2n) is 10.6. The van der Waals surface area contributed by atoms with Gasteiger partial charge in [-0.3, -0.25) is 4.79 Å². The SMILES string of the molecule is CC(C)(C)c1cc(C(=O)Cn2ccn(CCc3ccccc3)c2=NBr)cc(C(C)(C)C)c1O. The molecule has 0 unspecified atom stereocenters. The lowest BCUT2D eigenvalue weighted by molar-refractivity contribution is 0.0970. The second kappa shape index (κ2) is 9.72. The van der Waals surface area contributed by atoms with E-state index in [2.05, 4.69) is 32.3 Å². The Kier molecular flexibility index (Phi) is 7.37. The number of aromatic nitrogens is 2. The van der Waals surface area contributed by atoms with E-state index in [0.717, 1.165) is 24.1 Å². The molecule has 1 heterocycles. The summed E-state index contributed by atoms with van der Waals surface area (Å²) in [4.78, 5) is 13.4. The number of carbonyl (C=O) groups is 1. The Morgan fingerprint density at radius 2 is 1.48 bits per heavy atom. The van der Waals surface area contributed by atoms with Gasteiger partial charge < -0.3 is 14.2 Å². The predicted octanol–water partition coefficient (Wildman–Crippen LogP) is 5.93. The van der Waals surface area contributed by atoms with E-state index in [9.17, 15) is 9.90 Å². The monoisotopic (exact) mass is 511 g/mol. The van der Waals surface area contributed by atoms with E-state index in [0.29, 0.717) is 11.2 Å². The summed E-state index contributed by atoms with van der Waals surface area (Å²) in [5.41, 5.74) is 3.54. The molecule has 0 radical (unpaired) electrons. The highest BCUT2D eigenvalue weighted by Crippen LogP contribution is 2.39. The minimum Gasteiger partial charge on any atom is -0.507 e. The highest BCUT2D eigenvalue weighted by Gasteiger charge is 2.28. The van der Waals surface area contributed by atoms with Crippen molar-refractivity contribution in [1.29, 1.82) is 0 Å². The van der Waals surface area contributed by atoms with Crippen LogP contribution < -0.4 is 5.62 Å². The van der Waals surface area contributed by atoms with Crippen LogP contribution in [-0.2, 0) is 30.3 Å². The normalized spacial score (nSPS) is 12.9. The zero-order chi connectivity index (χ0) is 24.4. The van der Waals surface area contributed by atoms with Crippen molar-refractivity contribution in [3.8, 4) is 5.75 Å². The molecule has 176 valence electrons. The minimum atomic E-state index is -0.287. The van der Waals surface area contributed by atoms with E-state index in [-0.39, 0.29) is 28.9 Å². The minimum absolute atomic E-state index is 0.0193.